The van der Waals surface area contributed by atoms with E-state index in [1.54, 1.807) is 6.92 Å². The van der Waals surface area contributed by atoms with Gasteiger partial charge in [-0.2, -0.15) is 0 Å². The van der Waals surface area contributed by atoms with Crippen LogP contribution in [0, 0.1) is 17.8 Å². The average molecular weight is 308 g/mol. The number of rotatable bonds is 1. The highest BCUT2D eigenvalue weighted by Gasteiger charge is 2.52. The number of carbonyl (C=O) groups is 2. The van der Waals surface area contributed by atoms with Crippen LogP contribution in [0.25, 0.3) is 0 Å². The summed E-state index contributed by atoms with van der Waals surface area (Å²) < 4.78 is 11.0. The van der Waals surface area contributed by atoms with Crippen LogP contribution in [-0.2, 0) is 19.1 Å². The van der Waals surface area contributed by atoms with Gasteiger partial charge in [0.1, 0.15) is 12.2 Å². The molecular formula is C17H24O5. The quantitative estimate of drug-likeness (QED) is 0.592. The average Bonchev–Trinajstić information content (AvgIpc) is 2.71. The number of hydrogen-bond acceptors (Lipinski definition) is 5. The molecule has 3 aliphatic rings. The molecular weight excluding hydrogens is 284 g/mol. The van der Waals surface area contributed by atoms with Gasteiger partial charge in [0.15, 0.2) is 0 Å². The summed E-state index contributed by atoms with van der Waals surface area (Å²) in [6, 6.07) is 0. The Morgan fingerprint density at radius 1 is 1.41 bits per heavy atom. The summed E-state index contributed by atoms with van der Waals surface area (Å²) in [6.07, 6.45) is 1.32. The van der Waals surface area contributed by atoms with Crippen molar-refractivity contribution in [3.05, 3.63) is 11.1 Å². The van der Waals surface area contributed by atoms with Crippen molar-refractivity contribution in [2.24, 2.45) is 17.8 Å². The van der Waals surface area contributed by atoms with Crippen molar-refractivity contribution in [3.63, 3.8) is 0 Å². The van der Waals surface area contributed by atoms with Gasteiger partial charge in [-0.3, -0.25) is 9.59 Å². The van der Waals surface area contributed by atoms with Gasteiger partial charge in [-0.15, -0.1) is 0 Å². The first-order valence-corrected chi connectivity index (χ1v) is 8.04. The van der Waals surface area contributed by atoms with E-state index < -0.39 is 5.60 Å². The number of carbonyl (C=O) groups excluding carboxylic acids is 2. The highest BCUT2D eigenvalue weighted by Crippen LogP contribution is 2.50. The first kappa shape index (κ1) is 15.5. The molecule has 0 amide bonds. The molecule has 1 heterocycles. The Morgan fingerprint density at radius 3 is 2.73 bits per heavy atom. The van der Waals surface area contributed by atoms with Crippen molar-refractivity contribution in [2.45, 2.75) is 64.8 Å². The summed E-state index contributed by atoms with van der Waals surface area (Å²) in [5.74, 6) is -0.384. The topological polar surface area (TPSA) is 72.8 Å². The zero-order valence-electron chi connectivity index (χ0n) is 13.6. The summed E-state index contributed by atoms with van der Waals surface area (Å²) in [4.78, 5) is 23.2. The fourth-order valence-electron chi connectivity index (χ4n) is 4.44. The second kappa shape index (κ2) is 5.08. The van der Waals surface area contributed by atoms with Crippen molar-refractivity contribution in [1.29, 1.82) is 0 Å². The van der Waals surface area contributed by atoms with Gasteiger partial charge in [-0.25, -0.2) is 0 Å². The lowest BCUT2D eigenvalue weighted by atomic mass is 9.82. The maximum Gasteiger partial charge on any atom is 0.309 e. The van der Waals surface area contributed by atoms with Crippen molar-refractivity contribution in [2.75, 3.05) is 0 Å². The van der Waals surface area contributed by atoms with Crippen LogP contribution in [0.1, 0.15) is 47.0 Å². The molecule has 1 aliphatic heterocycles. The van der Waals surface area contributed by atoms with Crippen LogP contribution in [0.2, 0.25) is 0 Å². The van der Waals surface area contributed by atoms with Crippen molar-refractivity contribution in [1.82, 2.24) is 0 Å². The van der Waals surface area contributed by atoms with E-state index in [0.29, 0.717) is 12.8 Å². The summed E-state index contributed by atoms with van der Waals surface area (Å²) >= 11 is 0. The van der Waals surface area contributed by atoms with E-state index in [2.05, 4.69) is 6.92 Å². The molecule has 1 fully saturated rings. The zero-order chi connectivity index (χ0) is 16.2. The lowest BCUT2D eigenvalue weighted by Crippen LogP contribution is -2.30. The van der Waals surface area contributed by atoms with E-state index in [0.717, 1.165) is 17.6 Å². The van der Waals surface area contributed by atoms with Gasteiger partial charge in [0, 0.05) is 19.3 Å². The number of hydrogen-bond donors (Lipinski definition) is 1. The molecule has 6 atom stereocenters. The van der Waals surface area contributed by atoms with Crippen LogP contribution >= 0.6 is 0 Å². The van der Waals surface area contributed by atoms with E-state index >= 15 is 0 Å². The molecule has 0 unspecified atom stereocenters. The first-order chi connectivity index (χ1) is 10.2. The van der Waals surface area contributed by atoms with Crippen LogP contribution in [-0.4, -0.2) is 34.9 Å². The van der Waals surface area contributed by atoms with E-state index in [4.69, 9.17) is 9.47 Å². The third kappa shape index (κ3) is 2.35. The summed E-state index contributed by atoms with van der Waals surface area (Å²) in [6.45, 7) is 7.14. The van der Waals surface area contributed by atoms with Crippen LogP contribution in [0.3, 0.4) is 0 Å². The molecule has 1 N–H and O–H groups in total. The Balaban J connectivity index is 1.98. The van der Waals surface area contributed by atoms with Gasteiger partial charge in [0.25, 0.3) is 0 Å². The maximum absolute atomic E-state index is 11.9. The van der Waals surface area contributed by atoms with E-state index in [-0.39, 0.29) is 41.9 Å². The van der Waals surface area contributed by atoms with Crippen LogP contribution in [0.5, 0.6) is 0 Å². The monoisotopic (exact) mass is 308 g/mol. The second-order valence-corrected chi connectivity index (χ2v) is 7.28. The van der Waals surface area contributed by atoms with Gasteiger partial charge in [-0.05, 0) is 36.8 Å². The summed E-state index contributed by atoms with van der Waals surface area (Å²) in [7, 11) is 0. The Morgan fingerprint density at radius 2 is 2.09 bits per heavy atom. The SMILES string of the molecule is CC(=O)O[C@@H]1C[C@@](C)(O)C2=C1[C@H](C)C[C@@H]1OC(=O)[C@H](C)[C@H]1C2. The van der Waals surface area contributed by atoms with Crippen molar-refractivity contribution < 1.29 is 24.2 Å². The number of fused-ring (bicyclic) bond motifs is 1. The molecule has 0 aromatic rings. The maximum atomic E-state index is 11.9. The number of ether oxygens (including phenoxy) is 2. The van der Waals surface area contributed by atoms with Crippen LogP contribution in [0.15, 0.2) is 11.1 Å². The predicted octanol–water partition coefficient (Wildman–Crippen LogP) is 1.98. The summed E-state index contributed by atoms with van der Waals surface area (Å²) in [5, 5.41) is 10.8. The van der Waals surface area contributed by atoms with E-state index in [1.165, 1.54) is 6.92 Å². The predicted molar refractivity (Wildman–Crippen MR) is 78.8 cm³/mol. The number of esters is 2. The first-order valence-electron chi connectivity index (χ1n) is 8.04. The Hall–Kier alpha value is -1.36. The van der Waals surface area contributed by atoms with Gasteiger partial charge in [-0.1, -0.05) is 13.8 Å². The van der Waals surface area contributed by atoms with Gasteiger partial charge < -0.3 is 14.6 Å². The molecule has 5 nitrogen and oxygen atoms in total. The molecule has 0 spiro atoms. The molecule has 0 bridgehead atoms. The Labute approximate surface area is 130 Å². The van der Waals surface area contributed by atoms with E-state index in [9.17, 15) is 14.7 Å². The minimum absolute atomic E-state index is 0.100. The van der Waals surface area contributed by atoms with Gasteiger partial charge in [0.2, 0.25) is 0 Å². The second-order valence-electron chi connectivity index (χ2n) is 7.28. The number of aliphatic hydroxyl groups is 1. The Kier molecular flexibility index (Phi) is 3.59. The zero-order valence-corrected chi connectivity index (χ0v) is 13.6. The minimum atomic E-state index is -0.982. The van der Waals surface area contributed by atoms with Crippen molar-refractivity contribution in [3.8, 4) is 0 Å². The standard InChI is InChI=1S/C17H24O5/c1-8-5-13-11(9(2)16(19)22-13)6-12-15(8)14(21-10(3)18)7-17(12,4)20/h8-9,11,13-14,20H,5-7H2,1-4H3/t8-,9-,11-,13+,14-,17-/m1/s1. The third-order valence-electron chi connectivity index (χ3n) is 5.55. The molecule has 5 heteroatoms. The normalized spacial score (nSPS) is 44.2. The molecule has 0 aromatic carbocycles. The Bertz CT molecular complexity index is 547. The molecule has 0 saturated carbocycles. The summed E-state index contributed by atoms with van der Waals surface area (Å²) in [5.41, 5.74) is 1.01. The molecule has 1 saturated heterocycles. The van der Waals surface area contributed by atoms with E-state index in [1.807, 2.05) is 6.92 Å². The van der Waals surface area contributed by atoms with Crippen LogP contribution in [0.4, 0.5) is 0 Å². The highest BCUT2D eigenvalue weighted by atomic mass is 16.6. The fourth-order valence-corrected chi connectivity index (χ4v) is 4.44. The highest BCUT2D eigenvalue weighted by molar-refractivity contribution is 5.75. The largest absolute Gasteiger partial charge is 0.462 e. The molecule has 0 radical (unpaired) electrons. The van der Waals surface area contributed by atoms with Crippen LogP contribution < -0.4 is 0 Å². The van der Waals surface area contributed by atoms with Gasteiger partial charge in [0.05, 0.1) is 11.5 Å². The molecule has 2 aliphatic carbocycles. The molecule has 22 heavy (non-hydrogen) atoms. The third-order valence-corrected chi connectivity index (χ3v) is 5.55. The fraction of sp³-hybridized carbons (Fsp3) is 0.765. The molecule has 3 rings (SSSR count). The van der Waals surface area contributed by atoms with Gasteiger partial charge >= 0.3 is 11.9 Å². The molecule has 0 aromatic heterocycles. The lowest BCUT2D eigenvalue weighted by molar-refractivity contribution is -0.145. The minimum Gasteiger partial charge on any atom is -0.462 e. The lowest BCUT2D eigenvalue weighted by Gasteiger charge is -2.26. The smallest absolute Gasteiger partial charge is 0.309 e. The molecule has 122 valence electrons. The van der Waals surface area contributed by atoms with Crippen molar-refractivity contribution >= 4 is 11.9 Å².